The van der Waals surface area contributed by atoms with Crippen LogP contribution in [0.3, 0.4) is 0 Å². The predicted octanol–water partition coefficient (Wildman–Crippen LogP) is 3.32. The number of nitrogens with zero attached hydrogens (tertiary/aromatic N) is 2. The molecule has 1 aromatic rings. The highest BCUT2D eigenvalue weighted by Gasteiger charge is 2.16. The molecule has 0 spiro atoms. The first-order valence-corrected chi connectivity index (χ1v) is 7.93. The second-order valence-corrected chi connectivity index (χ2v) is 5.59. The molecule has 0 aromatic carbocycles. The van der Waals surface area contributed by atoms with Crippen molar-refractivity contribution in [2.24, 2.45) is 0 Å². The Labute approximate surface area is 121 Å². The van der Waals surface area contributed by atoms with Crippen LogP contribution in [0.15, 0.2) is 12.3 Å². The minimum absolute atomic E-state index is 0.263. The van der Waals surface area contributed by atoms with Gasteiger partial charge in [-0.2, -0.15) is 5.10 Å². The average Bonchev–Trinajstić information content (AvgIpc) is 2.93. The summed E-state index contributed by atoms with van der Waals surface area (Å²) in [5.74, 6) is 0.263. The van der Waals surface area contributed by atoms with Gasteiger partial charge in [-0.25, -0.2) is 0 Å². The van der Waals surface area contributed by atoms with Crippen molar-refractivity contribution in [2.45, 2.75) is 64.3 Å². The molecule has 4 heteroatoms. The van der Waals surface area contributed by atoms with E-state index in [-0.39, 0.29) is 5.78 Å². The molecule has 0 amide bonds. The van der Waals surface area contributed by atoms with E-state index in [0.717, 1.165) is 18.7 Å². The van der Waals surface area contributed by atoms with Crippen LogP contribution in [0.25, 0.3) is 0 Å². The molecule has 1 aromatic heterocycles. The van der Waals surface area contributed by atoms with Gasteiger partial charge < -0.3 is 4.74 Å². The second-order valence-electron chi connectivity index (χ2n) is 5.59. The summed E-state index contributed by atoms with van der Waals surface area (Å²) in [5, 5.41) is 4.58. The summed E-state index contributed by atoms with van der Waals surface area (Å²) in [6.07, 6.45) is 10.3. The Morgan fingerprint density at radius 3 is 2.95 bits per heavy atom. The highest BCUT2D eigenvalue weighted by molar-refractivity contribution is 5.80. The maximum absolute atomic E-state index is 11.9. The number of aromatic nitrogens is 2. The first-order chi connectivity index (χ1) is 9.79. The van der Waals surface area contributed by atoms with E-state index in [2.05, 4.69) is 9.78 Å². The summed E-state index contributed by atoms with van der Waals surface area (Å²) in [4.78, 5) is 11.9. The van der Waals surface area contributed by atoms with Crippen molar-refractivity contribution in [3.8, 4) is 0 Å². The molecule has 4 nitrogen and oxygen atoms in total. The van der Waals surface area contributed by atoms with Crippen LogP contribution < -0.4 is 0 Å². The molecular formula is C16H26N2O2. The number of ether oxygens (including phenoxy) is 1. The van der Waals surface area contributed by atoms with Crippen molar-refractivity contribution in [1.82, 2.24) is 9.78 Å². The third-order valence-corrected chi connectivity index (χ3v) is 3.94. The van der Waals surface area contributed by atoms with E-state index >= 15 is 0 Å². The smallest absolute Gasteiger partial charge is 0.139 e. The quantitative estimate of drug-likeness (QED) is 0.685. The summed E-state index contributed by atoms with van der Waals surface area (Å²) < 4.78 is 7.32. The molecule has 20 heavy (non-hydrogen) atoms. The Hall–Kier alpha value is -1.16. The minimum Gasteiger partial charge on any atom is -0.382 e. The fourth-order valence-electron chi connectivity index (χ4n) is 2.83. The molecular weight excluding hydrogens is 252 g/mol. The molecule has 0 N–H and O–H groups in total. The van der Waals surface area contributed by atoms with E-state index in [0.29, 0.717) is 25.5 Å². The van der Waals surface area contributed by atoms with Crippen LogP contribution in [0, 0.1) is 0 Å². The number of Topliss-reactive ketones (excluding diaryl/α,β-unsaturated/α-hetero) is 1. The molecule has 1 saturated carbocycles. The lowest BCUT2D eigenvalue weighted by molar-refractivity contribution is -0.118. The molecule has 0 unspecified atom stereocenters. The van der Waals surface area contributed by atoms with E-state index < -0.39 is 0 Å². The standard InChI is InChI=1S/C16H26N2O2/c1-2-20-12-6-9-16(19)13-14-10-11-18(17-14)15-7-4-3-5-8-15/h10-11,15H,2-9,12-13H2,1H3. The molecule has 0 radical (unpaired) electrons. The molecule has 1 aliphatic carbocycles. The number of carbonyl (C=O) groups is 1. The number of carbonyl (C=O) groups excluding carboxylic acids is 1. The third-order valence-electron chi connectivity index (χ3n) is 3.94. The maximum Gasteiger partial charge on any atom is 0.139 e. The lowest BCUT2D eigenvalue weighted by atomic mass is 9.96. The van der Waals surface area contributed by atoms with Crippen LogP contribution in [0.4, 0.5) is 0 Å². The molecule has 0 bridgehead atoms. The first-order valence-electron chi connectivity index (χ1n) is 7.93. The lowest BCUT2D eigenvalue weighted by Crippen LogP contribution is -2.14. The fourth-order valence-corrected chi connectivity index (χ4v) is 2.83. The van der Waals surface area contributed by atoms with E-state index in [1.807, 2.05) is 19.2 Å². The SMILES string of the molecule is CCOCCCC(=O)Cc1ccn(C2CCCCC2)n1. The Balaban J connectivity index is 1.75. The van der Waals surface area contributed by atoms with Crippen LogP contribution in [0.2, 0.25) is 0 Å². The average molecular weight is 278 g/mol. The maximum atomic E-state index is 11.9. The summed E-state index contributed by atoms with van der Waals surface area (Å²) in [7, 11) is 0. The van der Waals surface area contributed by atoms with Gasteiger partial charge in [-0.15, -0.1) is 0 Å². The van der Waals surface area contributed by atoms with Gasteiger partial charge in [0.05, 0.1) is 18.2 Å². The van der Waals surface area contributed by atoms with Crippen LogP contribution >= 0.6 is 0 Å². The van der Waals surface area contributed by atoms with Gasteiger partial charge in [0.15, 0.2) is 0 Å². The Bertz CT molecular complexity index is 408. The van der Waals surface area contributed by atoms with Gasteiger partial charge in [0.2, 0.25) is 0 Å². The van der Waals surface area contributed by atoms with Gasteiger partial charge >= 0.3 is 0 Å². The number of hydrogen-bond acceptors (Lipinski definition) is 3. The van der Waals surface area contributed by atoms with E-state index in [1.165, 1.54) is 32.1 Å². The summed E-state index contributed by atoms with van der Waals surface area (Å²) in [6, 6.07) is 2.54. The summed E-state index contributed by atoms with van der Waals surface area (Å²) >= 11 is 0. The second kappa shape index (κ2) is 8.20. The van der Waals surface area contributed by atoms with Crippen LogP contribution in [0.1, 0.15) is 63.6 Å². The normalized spacial score (nSPS) is 16.4. The summed E-state index contributed by atoms with van der Waals surface area (Å²) in [5.41, 5.74) is 0.914. The van der Waals surface area contributed by atoms with Crippen LogP contribution in [0.5, 0.6) is 0 Å². The van der Waals surface area contributed by atoms with Crippen molar-refractivity contribution in [1.29, 1.82) is 0 Å². The first kappa shape index (κ1) is 15.2. The highest BCUT2D eigenvalue weighted by atomic mass is 16.5. The highest BCUT2D eigenvalue weighted by Crippen LogP contribution is 2.27. The number of ketones is 1. The summed E-state index contributed by atoms with van der Waals surface area (Å²) in [6.45, 7) is 3.37. The zero-order chi connectivity index (χ0) is 14.2. The van der Waals surface area contributed by atoms with Gasteiger partial charge in [-0.05, 0) is 32.3 Å². The minimum atomic E-state index is 0.263. The van der Waals surface area contributed by atoms with Crippen molar-refractivity contribution in [2.75, 3.05) is 13.2 Å². The molecule has 1 fully saturated rings. The zero-order valence-electron chi connectivity index (χ0n) is 12.5. The predicted molar refractivity (Wildman–Crippen MR) is 78.8 cm³/mol. The number of hydrogen-bond donors (Lipinski definition) is 0. The van der Waals surface area contributed by atoms with Crippen molar-refractivity contribution < 1.29 is 9.53 Å². The number of rotatable bonds is 8. The Morgan fingerprint density at radius 2 is 2.20 bits per heavy atom. The van der Waals surface area contributed by atoms with Gasteiger partial charge in [0.1, 0.15) is 5.78 Å². The molecule has 0 saturated heterocycles. The van der Waals surface area contributed by atoms with E-state index in [9.17, 15) is 4.79 Å². The Morgan fingerprint density at radius 1 is 1.40 bits per heavy atom. The molecule has 2 rings (SSSR count). The topological polar surface area (TPSA) is 44.1 Å². The largest absolute Gasteiger partial charge is 0.382 e. The molecule has 112 valence electrons. The van der Waals surface area contributed by atoms with Crippen molar-refractivity contribution in [3.05, 3.63) is 18.0 Å². The van der Waals surface area contributed by atoms with Crippen LogP contribution in [-0.4, -0.2) is 28.8 Å². The molecule has 0 atom stereocenters. The fraction of sp³-hybridized carbons (Fsp3) is 0.750. The third kappa shape index (κ3) is 4.75. The molecule has 0 aliphatic heterocycles. The van der Waals surface area contributed by atoms with Crippen molar-refractivity contribution >= 4 is 5.78 Å². The molecule has 1 heterocycles. The van der Waals surface area contributed by atoms with Gasteiger partial charge in [-0.3, -0.25) is 9.48 Å². The van der Waals surface area contributed by atoms with Gasteiger partial charge in [0, 0.05) is 25.8 Å². The monoisotopic (exact) mass is 278 g/mol. The lowest BCUT2D eigenvalue weighted by Gasteiger charge is -2.21. The Kier molecular flexibility index (Phi) is 6.25. The van der Waals surface area contributed by atoms with Crippen molar-refractivity contribution in [3.63, 3.8) is 0 Å². The molecule has 1 aliphatic rings. The van der Waals surface area contributed by atoms with Crippen LogP contribution in [-0.2, 0) is 16.0 Å². The zero-order valence-corrected chi connectivity index (χ0v) is 12.5. The van der Waals surface area contributed by atoms with E-state index in [4.69, 9.17) is 4.74 Å². The van der Waals surface area contributed by atoms with E-state index in [1.54, 1.807) is 0 Å². The van der Waals surface area contributed by atoms with Gasteiger partial charge in [-0.1, -0.05) is 19.3 Å². The van der Waals surface area contributed by atoms with Gasteiger partial charge in [0.25, 0.3) is 0 Å².